The van der Waals surface area contributed by atoms with Crippen LogP contribution in [0.3, 0.4) is 0 Å². The molecule has 0 saturated heterocycles. The Morgan fingerprint density at radius 3 is 2.73 bits per heavy atom. The minimum Gasteiger partial charge on any atom is -0.324 e. The fraction of sp³-hybridized carbons (Fsp3) is 0.455. The van der Waals surface area contributed by atoms with Crippen molar-refractivity contribution in [3.63, 3.8) is 0 Å². The molecule has 1 nitrogen and oxygen atoms in total. The van der Waals surface area contributed by atoms with E-state index in [-0.39, 0.29) is 11.1 Å². The van der Waals surface area contributed by atoms with Crippen molar-refractivity contribution >= 4 is 27.5 Å². The lowest BCUT2D eigenvalue weighted by molar-refractivity contribution is 0.537. The van der Waals surface area contributed by atoms with E-state index in [1.807, 2.05) is 0 Å². The van der Waals surface area contributed by atoms with E-state index in [4.69, 9.17) is 17.3 Å². The molecule has 1 aromatic rings. The molecule has 2 N–H and O–H groups in total. The third-order valence-corrected chi connectivity index (χ3v) is 4.32. The van der Waals surface area contributed by atoms with Gasteiger partial charge in [-0.15, -0.1) is 0 Å². The predicted octanol–water partition coefficient (Wildman–Crippen LogP) is 3.90. The Bertz CT molecular complexity index is 396. The molecular formula is C11H12BrClFN. The van der Waals surface area contributed by atoms with Crippen molar-refractivity contribution in [2.45, 2.75) is 19.4 Å². The predicted molar refractivity (Wildman–Crippen MR) is 63.3 cm³/mol. The normalized spacial score (nSPS) is 26.5. The first kappa shape index (κ1) is 11.4. The van der Waals surface area contributed by atoms with Crippen molar-refractivity contribution in [2.24, 2.45) is 17.6 Å². The monoisotopic (exact) mass is 291 g/mol. The summed E-state index contributed by atoms with van der Waals surface area (Å²) < 4.78 is 14.4. The highest BCUT2D eigenvalue weighted by Gasteiger charge is 2.39. The Balaban J connectivity index is 2.32. The van der Waals surface area contributed by atoms with Gasteiger partial charge in [0.1, 0.15) is 5.82 Å². The van der Waals surface area contributed by atoms with Crippen molar-refractivity contribution < 1.29 is 4.39 Å². The average Bonchev–Trinajstić information content (AvgIpc) is 2.91. The van der Waals surface area contributed by atoms with Gasteiger partial charge in [-0.25, -0.2) is 4.39 Å². The second kappa shape index (κ2) is 4.04. The largest absolute Gasteiger partial charge is 0.324 e. The molecule has 3 unspecified atom stereocenters. The topological polar surface area (TPSA) is 26.0 Å². The van der Waals surface area contributed by atoms with Crippen LogP contribution in [0.25, 0.3) is 0 Å². The molecule has 15 heavy (non-hydrogen) atoms. The van der Waals surface area contributed by atoms with E-state index < -0.39 is 5.82 Å². The molecule has 82 valence electrons. The van der Waals surface area contributed by atoms with E-state index >= 15 is 0 Å². The molecule has 3 atom stereocenters. The zero-order valence-corrected chi connectivity index (χ0v) is 10.6. The summed E-state index contributed by atoms with van der Waals surface area (Å²) in [4.78, 5) is 0. The van der Waals surface area contributed by atoms with Crippen LogP contribution in [0.2, 0.25) is 5.02 Å². The number of rotatable bonds is 2. The second-order valence-electron chi connectivity index (χ2n) is 4.17. The minimum atomic E-state index is -0.391. The van der Waals surface area contributed by atoms with Gasteiger partial charge in [-0.05, 0) is 40.3 Å². The molecule has 1 aliphatic rings. The maximum atomic E-state index is 13.8. The number of hydrogen-bond acceptors (Lipinski definition) is 1. The summed E-state index contributed by atoms with van der Waals surface area (Å²) >= 11 is 8.99. The zero-order chi connectivity index (χ0) is 11.2. The van der Waals surface area contributed by atoms with E-state index in [0.717, 1.165) is 6.42 Å². The molecule has 2 rings (SSSR count). The van der Waals surface area contributed by atoms with Crippen LogP contribution in [0.15, 0.2) is 16.6 Å². The van der Waals surface area contributed by atoms with Crippen molar-refractivity contribution in [1.29, 1.82) is 0 Å². The summed E-state index contributed by atoms with van der Waals surface area (Å²) in [5.74, 6) is 0.608. The van der Waals surface area contributed by atoms with Gasteiger partial charge in [0.15, 0.2) is 0 Å². The highest BCUT2D eigenvalue weighted by atomic mass is 79.9. The van der Waals surface area contributed by atoms with Crippen molar-refractivity contribution in [2.75, 3.05) is 0 Å². The molecule has 0 bridgehead atoms. The Labute approximate surface area is 102 Å². The summed E-state index contributed by atoms with van der Waals surface area (Å²) in [5, 5.41) is 0.122. The third-order valence-electron chi connectivity index (χ3n) is 3.06. The molecule has 0 aliphatic heterocycles. The molecule has 4 heteroatoms. The molecule has 1 fully saturated rings. The van der Waals surface area contributed by atoms with Crippen molar-refractivity contribution in [3.8, 4) is 0 Å². The van der Waals surface area contributed by atoms with Gasteiger partial charge in [0, 0.05) is 16.1 Å². The first-order valence-electron chi connectivity index (χ1n) is 4.91. The summed E-state index contributed by atoms with van der Waals surface area (Å²) in [6.07, 6.45) is 1.08. The fourth-order valence-corrected chi connectivity index (χ4v) is 2.36. The lowest BCUT2D eigenvalue weighted by Gasteiger charge is -2.13. The average molecular weight is 293 g/mol. The lowest BCUT2D eigenvalue weighted by atomic mass is 10.0. The van der Waals surface area contributed by atoms with Gasteiger partial charge in [0.2, 0.25) is 0 Å². The third kappa shape index (κ3) is 2.05. The molecule has 0 aromatic heterocycles. The Hall–Kier alpha value is -0.120. The van der Waals surface area contributed by atoms with E-state index in [2.05, 4.69) is 22.9 Å². The van der Waals surface area contributed by atoms with Crippen LogP contribution in [0, 0.1) is 17.7 Å². The van der Waals surface area contributed by atoms with Crippen LogP contribution in [0.5, 0.6) is 0 Å². The Kier molecular flexibility index (Phi) is 3.06. The standard InChI is InChI=1S/C11H12BrClFN/c1-5-4-7(5)11(15)6-2-3-8(12)9(13)10(6)14/h2-3,5,7,11H,4,15H2,1H3. The summed E-state index contributed by atoms with van der Waals surface area (Å²) in [5.41, 5.74) is 6.52. The van der Waals surface area contributed by atoms with E-state index in [1.165, 1.54) is 0 Å². The van der Waals surface area contributed by atoms with Crippen LogP contribution >= 0.6 is 27.5 Å². The van der Waals surface area contributed by atoms with Gasteiger partial charge < -0.3 is 5.73 Å². The van der Waals surface area contributed by atoms with Crippen LogP contribution in [0.1, 0.15) is 24.9 Å². The first-order valence-corrected chi connectivity index (χ1v) is 6.08. The lowest BCUT2D eigenvalue weighted by Crippen LogP contribution is -2.15. The van der Waals surface area contributed by atoms with Crippen molar-refractivity contribution in [1.82, 2.24) is 0 Å². The number of nitrogens with two attached hydrogens (primary N) is 1. The molecule has 0 amide bonds. The van der Waals surface area contributed by atoms with Gasteiger partial charge in [-0.2, -0.15) is 0 Å². The summed E-state index contributed by atoms with van der Waals surface area (Å²) in [6, 6.07) is 3.22. The summed E-state index contributed by atoms with van der Waals surface area (Å²) in [7, 11) is 0. The Morgan fingerprint density at radius 2 is 2.20 bits per heavy atom. The quantitative estimate of drug-likeness (QED) is 0.822. The van der Waals surface area contributed by atoms with Gasteiger partial charge in [0.25, 0.3) is 0 Å². The molecule has 1 aromatic carbocycles. The Morgan fingerprint density at radius 1 is 1.60 bits per heavy atom. The molecular weight excluding hydrogens is 280 g/mol. The molecule has 0 heterocycles. The first-order chi connectivity index (χ1) is 7.02. The smallest absolute Gasteiger partial charge is 0.147 e. The van der Waals surface area contributed by atoms with E-state index in [1.54, 1.807) is 12.1 Å². The molecule has 1 saturated carbocycles. The van der Waals surface area contributed by atoms with Gasteiger partial charge in [-0.1, -0.05) is 24.6 Å². The van der Waals surface area contributed by atoms with Gasteiger partial charge >= 0.3 is 0 Å². The highest BCUT2D eigenvalue weighted by molar-refractivity contribution is 9.10. The van der Waals surface area contributed by atoms with Crippen LogP contribution in [-0.2, 0) is 0 Å². The van der Waals surface area contributed by atoms with E-state index in [9.17, 15) is 4.39 Å². The van der Waals surface area contributed by atoms with Gasteiger partial charge in [0.05, 0.1) is 5.02 Å². The minimum absolute atomic E-state index is 0.122. The van der Waals surface area contributed by atoms with Gasteiger partial charge in [-0.3, -0.25) is 0 Å². The number of halogens is 3. The van der Waals surface area contributed by atoms with Crippen LogP contribution in [0.4, 0.5) is 4.39 Å². The second-order valence-corrected chi connectivity index (χ2v) is 5.40. The maximum Gasteiger partial charge on any atom is 0.147 e. The fourth-order valence-electron chi connectivity index (χ4n) is 1.88. The SMILES string of the molecule is CC1CC1C(N)c1ccc(Br)c(Cl)c1F. The van der Waals surface area contributed by atoms with Crippen LogP contribution in [-0.4, -0.2) is 0 Å². The molecule has 1 aliphatic carbocycles. The van der Waals surface area contributed by atoms with Crippen LogP contribution < -0.4 is 5.73 Å². The highest BCUT2D eigenvalue weighted by Crippen LogP contribution is 2.47. The maximum absolute atomic E-state index is 13.8. The number of benzene rings is 1. The zero-order valence-electron chi connectivity index (χ0n) is 8.31. The molecule has 0 spiro atoms. The van der Waals surface area contributed by atoms with E-state index in [0.29, 0.717) is 21.9 Å². The summed E-state index contributed by atoms with van der Waals surface area (Å²) in [6.45, 7) is 2.13. The molecule has 0 radical (unpaired) electrons. The van der Waals surface area contributed by atoms with Crippen molar-refractivity contribution in [3.05, 3.63) is 33.0 Å². The number of hydrogen-bond donors (Lipinski definition) is 1.